The van der Waals surface area contributed by atoms with Gasteiger partial charge >= 0.3 is 0 Å². The second-order valence-electron chi connectivity index (χ2n) is 6.05. The van der Waals surface area contributed by atoms with E-state index in [0.717, 1.165) is 36.8 Å². The average molecular weight is 298 g/mol. The molecular weight excluding hydrogens is 278 g/mol. The van der Waals surface area contributed by atoms with Crippen molar-refractivity contribution < 1.29 is 8.78 Å². The molecule has 0 aliphatic heterocycles. The van der Waals surface area contributed by atoms with E-state index in [1.165, 1.54) is 23.3 Å². The summed E-state index contributed by atoms with van der Waals surface area (Å²) in [5.74, 6) is -1.16. The Bertz CT molecular complexity index is 653. The summed E-state index contributed by atoms with van der Waals surface area (Å²) in [5, 5.41) is 0. The van der Waals surface area contributed by atoms with E-state index in [9.17, 15) is 8.78 Å². The van der Waals surface area contributed by atoms with Crippen molar-refractivity contribution in [2.24, 2.45) is 5.92 Å². The van der Waals surface area contributed by atoms with Crippen LogP contribution in [-0.2, 0) is 19.3 Å². The highest BCUT2D eigenvalue weighted by Crippen LogP contribution is 2.29. The molecule has 0 N–H and O–H groups in total. The zero-order chi connectivity index (χ0) is 15.5. The molecule has 0 radical (unpaired) electrons. The van der Waals surface area contributed by atoms with Crippen molar-refractivity contribution in [1.82, 2.24) is 0 Å². The van der Waals surface area contributed by atoms with E-state index >= 15 is 0 Å². The Morgan fingerprint density at radius 1 is 1.00 bits per heavy atom. The second-order valence-corrected chi connectivity index (χ2v) is 6.05. The molecule has 22 heavy (non-hydrogen) atoms. The second kappa shape index (κ2) is 6.43. The van der Waals surface area contributed by atoms with Gasteiger partial charge in [-0.1, -0.05) is 49.8 Å². The maximum absolute atomic E-state index is 13.3. The number of hydrogen-bond donors (Lipinski definition) is 0. The lowest BCUT2D eigenvalue weighted by Gasteiger charge is -2.02. The first-order valence-corrected chi connectivity index (χ1v) is 7.89. The molecule has 0 heterocycles. The minimum atomic E-state index is -0.741. The molecule has 0 amide bonds. The third kappa shape index (κ3) is 3.27. The Kier molecular flexibility index (Phi) is 4.37. The lowest BCUT2D eigenvalue weighted by molar-refractivity contribution is 0.507. The highest BCUT2D eigenvalue weighted by Gasteiger charge is 2.21. The zero-order valence-corrected chi connectivity index (χ0v) is 12.8. The van der Waals surface area contributed by atoms with Gasteiger partial charge in [-0.2, -0.15) is 0 Å². The Labute approximate surface area is 130 Å². The Hall–Kier alpha value is -1.96. The van der Waals surface area contributed by atoms with E-state index in [2.05, 4.69) is 43.3 Å². The first-order chi connectivity index (χ1) is 10.7. The van der Waals surface area contributed by atoms with Crippen molar-refractivity contribution in [3.05, 3.63) is 76.4 Å². The van der Waals surface area contributed by atoms with Crippen molar-refractivity contribution in [3.8, 4) is 0 Å². The SMILES string of the molecule is CCCc1ccc(C=CC2Cc3cc(F)c(F)cc3C2)cc1. The van der Waals surface area contributed by atoms with Crippen LogP contribution in [0.1, 0.15) is 35.6 Å². The summed E-state index contributed by atoms with van der Waals surface area (Å²) >= 11 is 0. The molecule has 0 saturated heterocycles. The Morgan fingerprint density at radius 3 is 2.14 bits per heavy atom. The minimum absolute atomic E-state index is 0.325. The maximum atomic E-state index is 13.3. The fraction of sp³-hybridized carbons (Fsp3) is 0.300. The smallest absolute Gasteiger partial charge is 0.159 e. The molecule has 2 heteroatoms. The lowest BCUT2D eigenvalue weighted by atomic mass is 10.0. The van der Waals surface area contributed by atoms with Crippen LogP contribution in [0, 0.1) is 17.6 Å². The molecule has 0 atom stereocenters. The summed E-state index contributed by atoms with van der Waals surface area (Å²) in [6.07, 6.45) is 8.11. The van der Waals surface area contributed by atoms with Crippen LogP contribution in [-0.4, -0.2) is 0 Å². The summed E-state index contributed by atoms with van der Waals surface area (Å²) in [6, 6.07) is 11.3. The van der Waals surface area contributed by atoms with Crippen LogP contribution in [0.2, 0.25) is 0 Å². The maximum Gasteiger partial charge on any atom is 0.159 e. The molecule has 0 nitrogen and oxygen atoms in total. The Balaban J connectivity index is 1.67. The van der Waals surface area contributed by atoms with E-state index in [4.69, 9.17) is 0 Å². The van der Waals surface area contributed by atoms with Crippen LogP contribution in [0.3, 0.4) is 0 Å². The topological polar surface area (TPSA) is 0 Å². The van der Waals surface area contributed by atoms with Gasteiger partial charge < -0.3 is 0 Å². The predicted molar refractivity (Wildman–Crippen MR) is 86.7 cm³/mol. The number of hydrogen-bond acceptors (Lipinski definition) is 0. The average Bonchev–Trinajstić information content (AvgIpc) is 2.89. The van der Waals surface area contributed by atoms with Gasteiger partial charge in [0, 0.05) is 0 Å². The monoisotopic (exact) mass is 298 g/mol. The standard InChI is InChI=1S/C20H20F2/c1-2-3-14-4-6-15(7-5-14)8-9-16-10-17-12-19(21)20(22)13-18(17)11-16/h4-9,12-13,16H,2-3,10-11H2,1H3. The summed E-state index contributed by atoms with van der Waals surface area (Å²) in [7, 11) is 0. The molecule has 2 aromatic carbocycles. The third-order valence-electron chi connectivity index (χ3n) is 4.29. The number of halogens is 2. The van der Waals surface area contributed by atoms with Crippen LogP contribution in [0.4, 0.5) is 8.78 Å². The number of benzene rings is 2. The third-order valence-corrected chi connectivity index (χ3v) is 4.29. The van der Waals surface area contributed by atoms with Crippen molar-refractivity contribution in [2.75, 3.05) is 0 Å². The lowest BCUT2D eigenvalue weighted by Crippen LogP contribution is -1.93. The molecule has 2 aromatic rings. The van der Waals surface area contributed by atoms with Crippen molar-refractivity contribution in [3.63, 3.8) is 0 Å². The highest BCUT2D eigenvalue weighted by atomic mass is 19.2. The van der Waals surface area contributed by atoms with Crippen molar-refractivity contribution in [1.29, 1.82) is 0 Å². The fourth-order valence-corrected chi connectivity index (χ4v) is 3.11. The molecule has 0 saturated carbocycles. The zero-order valence-electron chi connectivity index (χ0n) is 12.8. The fourth-order valence-electron chi connectivity index (χ4n) is 3.11. The molecule has 0 unspecified atom stereocenters. The van der Waals surface area contributed by atoms with Gasteiger partial charge in [0.15, 0.2) is 11.6 Å². The molecule has 1 aliphatic carbocycles. The molecular formula is C20H20F2. The van der Waals surface area contributed by atoms with Crippen molar-refractivity contribution in [2.45, 2.75) is 32.6 Å². The largest absolute Gasteiger partial charge is 0.204 e. The normalized spacial score (nSPS) is 14.7. The summed E-state index contributed by atoms with van der Waals surface area (Å²) in [6.45, 7) is 2.18. The van der Waals surface area contributed by atoms with Crippen LogP contribution < -0.4 is 0 Å². The molecule has 0 bridgehead atoms. The van der Waals surface area contributed by atoms with E-state index in [-0.39, 0.29) is 0 Å². The van der Waals surface area contributed by atoms with Gasteiger partial charge in [0.2, 0.25) is 0 Å². The summed E-state index contributed by atoms with van der Waals surface area (Å²) in [5.41, 5.74) is 4.41. The molecule has 0 spiro atoms. The van der Waals surface area contributed by atoms with Gasteiger partial charge in [-0.3, -0.25) is 0 Å². The van der Waals surface area contributed by atoms with Gasteiger partial charge in [0.1, 0.15) is 0 Å². The van der Waals surface area contributed by atoms with Crippen molar-refractivity contribution >= 4 is 6.08 Å². The number of allylic oxidation sites excluding steroid dienone is 1. The Morgan fingerprint density at radius 2 is 1.59 bits per heavy atom. The van der Waals surface area contributed by atoms with E-state index < -0.39 is 11.6 Å². The van der Waals surface area contributed by atoms with E-state index in [0.29, 0.717) is 5.92 Å². The molecule has 114 valence electrons. The van der Waals surface area contributed by atoms with Gasteiger partial charge in [-0.15, -0.1) is 0 Å². The van der Waals surface area contributed by atoms with E-state index in [1.54, 1.807) is 0 Å². The molecule has 0 fully saturated rings. The van der Waals surface area contributed by atoms with E-state index in [1.807, 2.05) is 0 Å². The van der Waals surface area contributed by atoms with Gasteiger partial charge in [0.25, 0.3) is 0 Å². The number of aryl methyl sites for hydroxylation is 1. The van der Waals surface area contributed by atoms with Crippen LogP contribution in [0.5, 0.6) is 0 Å². The minimum Gasteiger partial charge on any atom is -0.204 e. The van der Waals surface area contributed by atoms with Crippen LogP contribution in [0.25, 0.3) is 6.08 Å². The van der Waals surface area contributed by atoms with Gasteiger partial charge in [-0.05, 0) is 59.6 Å². The van der Waals surface area contributed by atoms with Gasteiger partial charge in [-0.25, -0.2) is 8.78 Å². The van der Waals surface area contributed by atoms with Crippen LogP contribution in [0.15, 0.2) is 42.5 Å². The molecule has 0 aromatic heterocycles. The molecule has 3 rings (SSSR count). The number of rotatable bonds is 4. The first-order valence-electron chi connectivity index (χ1n) is 7.89. The predicted octanol–water partition coefficient (Wildman–Crippen LogP) is 5.35. The van der Waals surface area contributed by atoms with Gasteiger partial charge in [0.05, 0.1) is 0 Å². The van der Waals surface area contributed by atoms with Crippen LogP contribution >= 0.6 is 0 Å². The quantitative estimate of drug-likeness (QED) is 0.714. The number of fused-ring (bicyclic) bond motifs is 1. The summed E-state index contributed by atoms with van der Waals surface area (Å²) in [4.78, 5) is 0. The highest BCUT2D eigenvalue weighted by molar-refractivity contribution is 5.51. The summed E-state index contributed by atoms with van der Waals surface area (Å²) < 4.78 is 26.5. The first kappa shape index (κ1) is 15.0. The molecule has 1 aliphatic rings.